The molecular formula is C33H25NO6. The van der Waals surface area contributed by atoms with E-state index in [-0.39, 0.29) is 23.4 Å². The van der Waals surface area contributed by atoms with Crippen LogP contribution in [0.4, 0.5) is 5.69 Å². The molecule has 1 aliphatic rings. The second-order valence-corrected chi connectivity index (χ2v) is 9.36. The Balaban J connectivity index is 1.45. The molecule has 7 nitrogen and oxygen atoms in total. The van der Waals surface area contributed by atoms with Crippen molar-refractivity contribution in [2.75, 3.05) is 11.5 Å². The number of esters is 1. The van der Waals surface area contributed by atoms with Crippen LogP contribution in [-0.4, -0.2) is 18.5 Å². The molecule has 1 amide bonds. The summed E-state index contributed by atoms with van der Waals surface area (Å²) in [6, 6.07) is 29.8. The third kappa shape index (κ3) is 4.52. The van der Waals surface area contributed by atoms with Crippen molar-refractivity contribution in [3.05, 3.63) is 141 Å². The SMILES string of the molecule is CCOC(=O)c1ccc(N2C(=O)c3oc4ccccc4c(=O)c3C2c2cccc(OCc3ccccc3)c2)cc1. The van der Waals surface area contributed by atoms with E-state index in [1.807, 2.05) is 54.6 Å². The van der Waals surface area contributed by atoms with Crippen molar-refractivity contribution in [1.82, 2.24) is 0 Å². The van der Waals surface area contributed by atoms with E-state index in [1.165, 1.54) is 4.90 Å². The Bertz CT molecular complexity index is 1780. The average Bonchev–Trinajstić information content (AvgIpc) is 3.29. The molecule has 0 bridgehead atoms. The minimum atomic E-state index is -0.767. The molecule has 40 heavy (non-hydrogen) atoms. The van der Waals surface area contributed by atoms with E-state index in [1.54, 1.807) is 55.5 Å². The first-order valence-corrected chi connectivity index (χ1v) is 13.0. The fourth-order valence-corrected chi connectivity index (χ4v) is 4.99. The molecule has 1 aliphatic heterocycles. The first-order chi connectivity index (χ1) is 19.5. The molecule has 4 aromatic carbocycles. The van der Waals surface area contributed by atoms with Gasteiger partial charge < -0.3 is 13.9 Å². The first-order valence-electron chi connectivity index (χ1n) is 13.0. The van der Waals surface area contributed by atoms with Crippen molar-refractivity contribution in [3.8, 4) is 5.75 Å². The predicted molar refractivity (Wildman–Crippen MR) is 151 cm³/mol. The lowest BCUT2D eigenvalue weighted by molar-refractivity contribution is 0.0526. The second-order valence-electron chi connectivity index (χ2n) is 9.36. The zero-order valence-electron chi connectivity index (χ0n) is 21.7. The minimum absolute atomic E-state index is 0.00113. The quantitative estimate of drug-likeness (QED) is 0.229. The van der Waals surface area contributed by atoms with Crippen LogP contribution in [0.2, 0.25) is 0 Å². The zero-order chi connectivity index (χ0) is 27.6. The van der Waals surface area contributed by atoms with E-state index in [9.17, 15) is 14.4 Å². The number of carbonyl (C=O) groups is 2. The number of para-hydroxylation sites is 1. The van der Waals surface area contributed by atoms with Gasteiger partial charge in [-0.25, -0.2) is 4.79 Å². The number of benzene rings is 4. The summed E-state index contributed by atoms with van der Waals surface area (Å²) in [5, 5.41) is 0.398. The fourth-order valence-electron chi connectivity index (χ4n) is 4.99. The van der Waals surface area contributed by atoms with Crippen molar-refractivity contribution in [3.63, 3.8) is 0 Å². The zero-order valence-corrected chi connectivity index (χ0v) is 21.7. The van der Waals surface area contributed by atoms with E-state index in [0.29, 0.717) is 40.1 Å². The summed E-state index contributed by atoms with van der Waals surface area (Å²) < 4.78 is 17.2. The van der Waals surface area contributed by atoms with Crippen LogP contribution in [0.15, 0.2) is 112 Å². The van der Waals surface area contributed by atoms with Crippen molar-refractivity contribution in [2.24, 2.45) is 0 Å². The van der Waals surface area contributed by atoms with E-state index >= 15 is 0 Å². The molecule has 1 aromatic heterocycles. The van der Waals surface area contributed by atoms with E-state index < -0.39 is 17.9 Å². The average molecular weight is 532 g/mol. The highest BCUT2D eigenvalue weighted by molar-refractivity contribution is 6.10. The number of hydrogen-bond donors (Lipinski definition) is 0. The van der Waals surface area contributed by atoms with Gasteiger partial charge in [0.15, 0.2) is 5.43 Å². The van der Waals surface area contributed by atoms with Gasteiger partial charge in [-0.3, -0.25) is 14.5 Å². The van der Waals surface area contributed by atoms with Gasteiger partial charge in [0.1, 0.15) is 17.9 Å². The predicted octanol–water partition coefficient (Wildman–Crippen LogP) is 6.30. The van der Waals surface area contributed by atoms with Crippen LogP contribution < -0.4 is 15.1 Å². The Morgan fingerprint density at radius 1 is 0.875 bits per heavy atom. The van der Waals surface area contributed by atoms with E-state index in [0.717, 1.165) is 5.56 Å². The molecule has 0 N–H and O–H groups in total. The summed E-state index contributed by atoms with van der Waals surface area (Å²) in [6.45, 7) is 2.37. The molecule has 7 heteroatoms. The molecule has 0 fully saturated rings. The Morgan fingerprint density at radius 2 is 1.62 bits per heavy atom. The van der Waals surface area contributed by atoms with Crippen LogP contribution in [0.5, 0.6) is 5.75 Å². The lowest BCUT2D eigenvalue weighted by Gasteiger charge is -2.25. The van der Waals surface area contributed by atoms with Gasteiger partial charge >= 0.3 is 5.97 Å². The van der Waals surface area contributed by atoms with Gasteiger partial charge in [0.25, 0.3) is 5.91 Å². The summed E-state index contributed by atoms with van der Waals surface area (Å²) in [5.41, 5.74) is 2.92. The minimum Gasteiger partial charge on any atom is -0.489 e. The third-order valence-corrected chi connectivity index (χ3v) is 6.86. The molecule has 0 radical (unpaired) electrons. The molecule has 0 aliphatic carbocycles. The number of nitrogens with zero attached hydrogens (tertiary/aromatic N) is 1. The Morgan fingerprint density at radius 3 is 2.40 bits per heavy atom. The standard InChI is InChI=1S/C33H25NO6/c1-2-38-33(37)22-15-17-24(18-16-22)34-29(23-11-8-12-25(19-23)39-20-21-9-4-3-5-10-21)28-30(35)26-13-6-7-14-27(26)40-31(28)32(34)36/h3-19,29H,2,20H2,1H3. The number of anilines is 1. The Kier molecular flexibility index (Phi) is 6.62. The van der Waals surface area contributed by atoms with Crippen LogP contribution in [0.3, 0.4) is 0 Å². The summed E-state index contributed by atoms with van der Waals surface area (Å²) in [4.78, 5) is 41.4. The maximum atomic E-state index is 13.9. The van der Waals surface area contributed by atoms with Gasteiger partial charge in [-0.15, -0.1) is 0 Å². The van der Waals surface area contributed by atoms with Crippen molar-refractivity contribution >= 4 is 28.5 Å². The molecule has 1 atom stereocenters. The van der Waals surface area contributed by atoms with Crippen LogP contribution in [0.25, 0.3) is 11.0 Å². The lowest BCUT2D eigenvalue weighted by atomic mass is 9.98. The largest absolute Gasteiger partial charge is 0.489 e. The molecule has 1 unspecified atom stereocenters. The second kappa shape index (κ2) is 10.5. The van der Waals surface area contributed by atoms with Gasteiger partial charge in [0.2, 0.25) is 5.76 Å². The maximum absolute atomic E-state index is 13.9. The van der Waals surface area contributed by atoms with Gasteiger partial charge in [0.05, 0.1) is 29.2 Å². The lowest BCUT2D eigenvalue weighted by Crippen LogP contribution is -2.29. The van der Waals surface area contributed by atoms with Crippen LogP contribution in [0, 0.1) is 0 Å². The number of hydrogen-bond acceptors (Lipinski definition) is 6. The van der Waals surface area contributed by atoms with E-state index in [4.69, 9.17) is 13.9 Å². The third-order valence-electron chi connectivity index (χ3n) is 6.86. The Hall–Kier alpha value is -5.17. The number of amides is 1. The summed E-state index contributed by atoms with van der Waals surface area (Å²) in [6.07, 6.45) is 0. The molecule has 0 saturated carbocycles. The van der Waals surface area contributed by atoms with Gasteiger partial charge in [-0.05, 0) is 66.6 Å². The maximum Gasteiger partial charge on any atom is 0.338 e. The van der Waals surface area contributed by atoms with Crippen molar-refractivity contribution in [2.45, 2.75) is 19.6 Å². The molecule has 2 heterocycles. The molecule has 0 saturated heterocycles. The van der Waals surface area contributed by atoms with Crippen molar-refractivity contribution in [1.29, 1.82) is 0 Å². The van der Waals surface area contributed by atoms with Gasteiger partial charge in [0, 0.05) is 5.69 Å². The van der Waals surface area contributed by atoms with Gasteiger partial charge in [-0.1, -0.05) is 54.6 Å². The highest BCUT2D eigenvalue weighted by Gasteiger charge is 2.43. The Labute approximate surface area is 230 Å². The molecule has 6 rings (SSSR count). The fraction of sp³-hybridized carbons (Fsp3) is 0.121. The summed E-state index contributed by atoms with van der Waals surface area (Å²) >= 11 is 0. The first kappa shape index (κ1) is 25.1. The number of fused-ring (bicyclic) bond motifs is 2. The monoisotopic (exact) mass is 531 g/mol. The van der Waals surface area contributed by atoms with Gasteiger partial charge in [-0.2, -0.15) is 0 Å². The number of rotatable bonds is 7. The molecule has 5 aromatic rings. The summed E-state index contributed by atoms with van der Waals surface area (Å²) in [7, 11) is 0. The smallest absolute Gasteiger partial charge is 0.338 e. The molecule has 0 spiro atoms. The molecule has 198 valence electrons. The van der Waals surface area contributed by atoms with Crippen LogP contribution in [0.1, 0.15) is 50.6 Å². The highest BCUT2D eigenvalue weighted by Crippen LogP contribution is 2.42. The number of carbonyl (C=O) groups excluding carboxylic acids is 2. The van der Waals surface area contributed by atoms with Crippen LogP contribution in [-0.2, 0) is 11.3 Å². The van der Waals surface area contributed by atoms with Crippen LogP contribution >= 0.6 is 0 Å². The topological polar surface area (TPSA) is 86.0 Å². The normalized spacial score (nSPS) is 14.3. The molecular weight excluding hydrogens is 506 g/mol. The van der Waals surface area contributed by atoms with Crippen molar-refractivity contribution < 1.29 is 23.5 Å². The van der Waals surface area contributed by atoms with E-state index in [2.05, 4.69) is 0 Å². The highest BCUT2D eigenvalue weighted by atomic mass is 16.5. The number of ether oxygens (including phenoxy) is 2. The summed E-state index contributed by atoms with van der Waals surface area (Å²) in [5.74, 6) is -0.292.